The van der Waals surface area contributed by atoms with E-state index >= 15 is 0 Å². The molecule has 0 radical (unpaired) electrons. The van der Waals surface area contributed by atoms with Gasteiger partial charge < -0.3 is 20.7 Å². The first-order valence-electron chi connectivity index (χ1n) is 8.36. The zero-order valence-electron chi connectivity index (χ0n) is 14.9. The number of nitrogens with one attached hydrogen (secondary N) is 1. The van der Waals surface area contributed by atoms with E-state index < -0.39 is 5.91 Å². The van der Waals surface area contributed by atoms with Gasteiger partial charge in [-0.1, -0.05) is 37.3 Å². The number of carbonyl (C=O) groups is 2. The first-order valence-corrected chi connectivity index (χ1v) is 8.36. The second-order valence-corrected chi connectivity index (χ2v) is 6.05. The molecule has 6 heteroatoms. The van der Waals surface area contributed by atoms with E-state index in [4.69, 9.17) is 5.73 Å². The smallest absolute Gasteiger partial charge is 0.270 e. The summed E-state index contributed by atoms with van der Waals surface area (Å²) in [6.45, 7) is 3.58. The molecule has 0 bridgehead atoms. The van der Waals surface area contributed by atoms with Crippen LogP contribution in [0.4, 0.5) is 0 Å². The number of nitrogens with two attached hydrogens (primary N) is 1. The molecular weight excluding hydrogens is 318 g/mol. The second-order valence-electron chi connectivity index (χ2n) is 6.05. The van der Waals surface area contributed by atoms with Crippen LogP contribution >= 0.6 is 0 Å². The van der Waals surface area contributed by atoms with E-state index in [0.29, 0.717) is 35.4 Å². The number of amides is 2. The normalized spacial score (nSPS) is 12.0. The molecule has 1 aromatic heterocycles. The highest BCUT2D eigenvalue weighted by Crippen LogP contribution is 2.27. The summed E-state index contributed by atoms with van der Waals surface area (Å²) in [6, 6.07) is 9.31. The maximum Gasteiger partial charge on any atom is 0.270 e. The van der Waals surface area contributed by atoms with E-state index in [2.05, 4.69) is 4.98 Å². The van der Waals surface area contributed by atoms with E-state index in [1.807, 2.05) is 37.3 Å². The monoisotopic (exact) mass is 343 g/mol. The van der Waals surface area contributed by atoms with Gasteiger partial charge in [0, 0.05) is 19.3 Å². The van der Waals surface area contributed by atoms with E-state index in [1.165, 1.54) is 0 Å². The highest BCUT2D eigenvalue weighted by Gasteiger charge is 2.28. The Hall–Kier alpha value is -2.60. The number of nitrogens with zero attached hydrogens (tertiary/aromatic N) is 1. The van der Waals surface area contributed by atoms with E-state index in [1.54, 1.807) is 18.9 Å². The third-order valence-corrected chi connectivity index (χ3v) is 4.48. The van der Waals surface area contributed by atoms with E-state index in [9.17, 15) is 14.7 Å². The van der Waals surface area contributed by atoms with Gasteiger partial charge in [0.25, 0.3) is 11.8 Å². The van der Waals surface area contributed by atoms with Crippen LogP contribution in [0.5, 0.6) is 0 Å². The summed E-state index contributed by atoms with van der Waals surface area (Å²) in [7, 11) is 1.70. The van der Waals surface area contributed by atoms with Gasteiger partial charge in [-0.3, -0.25) is 9.59 Å². The number of primary amides is 1. The van der Waals surface area contributed by atoms with Crippen molar-refractivity contribution in [3.8, 4) is 0 Å². The van der Waals surface area contributed by atoms with Crippen molar-refractivity contribution in [1.29, 1.82) is 0 Å². The number of aromatic amines is 1. The molecule has 0 saturated heterocycles. The van der Waals surface area contributed by atoms with Crippen molar-refractivity contribution in [2.45, 2.75) is 32.7 Å². The number of rotatable bonds is 7. The van der Waals surface area contributed by atoms with Crippen LogP contribution in [0.1, 0.15) is 57.1 Å². The average molecular weight is 343 g/mol. The third-order valence-electron chi connectivity index (χ3n) is 4.48. The molecule has 4 N–H and O–H groups in total. The molecule has 25 heavy (non-hydrogen) atoms. The zero-order chi connectivity index (χ0) is 18.6. The van der Waals surface area contributed by atoms with Gasteiger partial charge >= 0.3 is 0 Å². The fraction of sp³-hybridized carbons (Fsp3) is 0.368. The van der Waals surface area contributed by atoms with Gasteiger partial charge in [0.15, 0.2) is 0 Å². The van der Waals surface area contributed by atoms with Crippen molar-refractivity contribution in [3.63, 3.8) is 0 Å². The Bertz CT molecular complexity index is 753. The van der Waals surface area contributed by atoms with Gasteiger partial charge in [-0.05, 0) is 30.9 Å². The first kappa shape index (κ1) is 18.7. The molecule has 2 amide bonds. The largest absolute Gasteiger partial charge is 0.396 e. The molecule has 1 heterocycles. The van der Waals surface area contributed by atoms with Gasteiger partial charge in [0.1, 0.15) is 5.69 Å². The minimum absolute atomic E-state index is 0.0336. The Morgan fingerprint density at radius 1 is 1.28 bits per heavy atom. The Labute approximate surface area is 147 Å². The number of aryl methyl sites for hydroxylation is 1. The Balaban J connectivity index is 2.42. The molecule has 1 unspecified atom stereocenters. The van der Waals surface area contributed by atoms with Crippen molar-refractivity contribution < 1.29 is 14.7 Å². The Morgan fingerprint density at radius 3 is 2.44 bits per heavy atom. The second kappa shape index (κ2) is 7.98. The molecule has 0 saturated carbocycles. The molecule has 134 valence electrons. The van der Waals surface area contributed by atoms with Gasteiger partial charge in [-0.15, -0.1) is 0 Å². The third kappa shape index (κ3) is 3.74. The number of aliphatic hydroxyl groups is 1. The van der Waals surface area contributed by atoms with Crippen LogP contribution in [0.15, 0.2) is 30.3 Å². The summed E-state index contributed by atoms with van der Waals surface area (Å²) in [5.41, 5.74) is 8.41. The van der Waals surface area contributed by atoms with Crippen molar-refractivity contribution in [1.82, 2.24) is 9.88 Å². The summed E-state index contributed by atoms with van der Waals surface area (Å²) in [6.07, 6.45) is 0.948. The zero-order valence-corrected chi connectivity index (χ0v) is 14.9. The molecule has 2 aromatic rings. The predicted octanol–water partition coefficient (Wildman–Crippen LogP) is 2.18. The standard InChI is InChI=1S/C19H25N3O3/c1-4-14-16(18(20)24)12(2)21-17(14)19(25)22(3)15(10-11-23)13-8-6-5-7-9-13/h5-9,15,21,23H,4,10-11H2,1-3H3,(H2,20,24). The lowest BCUT2D eigenvalue weighted by atomic mass is 10.0. The summed E-state index contributed by atoms with van der Waals surface area (Å²) in [5, 5.41) is 9.41. The van der Waals surface area contributed by atoms with Crippen molar-refractivity contribution in [2.75, 3.05) is 13.7 Å². The van der Waals surface area contributed by atoms with Gasteiger partial charge in [0.05, 0.1) is 11.6 Å². The first-order chi connectivity index (χ1) is 11.9. The fourth-order valence-electron chi connectivity index (χ4n) is 3.25. The van der Waals surface area contributed by atoms with Crippen LogP contribution in [0.25, 0.3) is 0 Å². The van der Waals surface area contributed by atoms with E-state index in [-0.39, 0.29) is 18.6 Å². The molecule has 1 atom stereocenters. The lowest BCUT2D eigenvalue weighted by Crippen LogP contribution is -2.32. The number of carbonyl (C=O) groups excluding carboxylic acids is 2. The highest BCUT2D eigenvalue weighted by molar-refractivity contribution is 6.02. The Morgan fingerprint density at radius 2 is 1.92 bits per heavy atom. The molecular formula is C19H25N3O3. The number of H-pyrrole nitrogens is 1. The molecule has 2 rings (SSSR count). The molecule has 0 aliphatic carbocycles. The highest BCUT2D eigenvalue weighted by atomic mass is 16.3. The summed E-state index contributed by atoms with van der Waals surface area (Å²) in [4.78, 5) is 29.4. The predicted molar refractivity (Wildman–Crippen MR) is 96.4 cm³/mol. The average Bonchev–Trinajstić information content (AvgIpc) is 2.95. The maximum absolute atomic E-state index is 13.1. The Kier molecular flexibility index (Phi) is 5.98. The molecule has 0 aliphatic heterocycles. The molecule has 0 aliphatic rings. The lowest BCUT2D eigenvalue weighted by molar-refractivity contribution is 0.0698. The van der Waals surface area contributed by atoms with Crippen LogP contribution < -0.4 is 5.73 Å². The molecule has 0 spiro atoms. The van der Waals surface area contributed by atoms with Crippen molar-refractivity contribution >= 4 is 11.8 Å². The fourth-order valence-corrected chi connectivity index (χ4v) is 3.25. The number of hydrogen-bond donors (Lipinski definition) is 3. The quantitative estimate of drug-likeness (QED) is 0.718. The number of hydrogen-bond acceptors (Lipinski definition) is 3. The minimum atomic E-state index is -0.540. The topological polar surface area (TPSA) is 99.4 Å². The number of benzene rings is 1. The van der Waals surface area contributed by atoms with E-state index in [0.717, 1.165) is 5.56 Å². The minimum Gasteiger partial charge on any atom is -0.396 e. The van der Waals surface area contributed by atoms with Crippen molar-refractivity contribution in [3.05, 3.63) is 58.4 Å². The van der Waals surface area contributed by atoms with Crippen LogP contribution in [0.2, 0.25) is 0 Å². The van der Waals surface area contributed by atoms with Crippen LogP contribution in [-0.4, -0.2) is 40.5 Å². The molecule has 0 fully saturated rings. The van der Waals surface area contributed by atoms with Gasteiger partial charge in [-0.2, -0.15) is 0 Å². The SMILES string of the molecule is CCc1c(C(=O)N(C)C(CCO)c2ccccc2)[nH]c(C)c1C(N)=O. The van der Waals surface area contributed by atoms with Crippen LogP contribution in [-0.2, 0) is 6.42 Å². The molecule has 1 aromatic carbocycles. The maximum atomic E-state index is 13.1. The summed E-state index contributed by atoms with van der Waals surface area (Å²) < 4.78 is 0. The van der Waals surface area contributed by atoms with Crippen LogP contribution in [0, 0.1) is 6.92 Å². The van der Waals surface area contributed by atoms with Gasteiger partial charge in [-0.25, -0.2) is 0 Å². The van der Waals surface area contributed by atoms with Gasteiger partial charge in [0.2, 0.25) is 0 Å². The summed E-state index contributed by atoms with van der Waals surface area (Å²) >= 11 is 0. The van der Waals surface area contributed by atoms with Crippen LogP contribution in [0.3, 0.4) is 0 Å². The summed E-state index contributed by atoms with van der Waals surface area (Å²) in [5.74, 6) is -0.767. The van der Waals surface area contributed by atoms with Crippen molar-refractivity contribution in [2.24, 2.45) is 5.73 Å². The number of aliphatic hydroxyl groups excluding tert-OH is 1. The molecule has 6 nitrogen and oxygen atoms in total. The lowest BCUT2D eigenvalue weighted by Gasteiger charge is -2.28. The number of aromatic nitrogens is 1.